The summed E-state index contributed by atoms with van der Waals surface area (Å²) in [6.45, 7) is 3.26. The quantitative estimate of drug-likeness (QED) is 0.752. The van der Waals surface area contributed by atoms with Crippen LogP contribution >= 0.6 is 0 Å². The Kier molecular flexibility index (Phi) is 3.56. The summed E-state index contributed by atoms with van der Waals surface area (Å²) in [5, 5.41) is 3.19. The lowest BCUT2D eigenvalue weighted by atomic mass is 10.2. The highest BCUT2D eigenvalue weighted by Crippen LogP contribution is 2.31. The van der Waals surface area contributed by atoms with Crippen LogP contribution < -0.4 is 15.8 Å². The Bertz CT molecular complexity index is 341. The highest BCUT2D eigenvalue weighted by molar-refractivity contribution is 5.33. The van der Waals surface area contributed by atoms with E-state index in [1.54, 1.807) is 12.4 Å². The molecule has 1 aromatic rings. The summed E-state index contributed by atoms with van der Waals surface area (Å²) in [6.07, 6.45) is 5.80. The van der Waals surface area contributed by atoms with Crippen LogP contribution in [0.5, 0.6) is 5.88 Å². The molecule has 0 aliphatic heterocycles. The van der Waals surface area contributed by atoms with E-state index in [9.17, 15) is 0 Å². The first-order valence-electron chi connectivity index (χ1n) is 5.74. The third-order valence-electron chi connectivity index (χ3n) is 2.65. The summed E-state index contributed by atoms with van der Waals surface area (Å²) in [6, 6.07) is 0.220. The van der Waals surface area contributed by atoms with Gasteiger partial charge in [-0.3, -0.25) is 4.98 Å². The number of anilines is 1. The van der Waals surface area contributed by atoms with Gasteiger partial charge in [0.15, 0.2) is 0 Å². The van der Waals surface area contributed by atoms with Crippen LogP contribution in [-0.2, 0) is 0 Å². The second-order valence-electron chi connectivity index (χ2n) is 4.06. The Morgan fingerprint density at radius 1 is 1.56 bits per heavy atom. The van der Waals surface area contributed by atoms with E-state index in [1.807, 2.05) is 6.92 Å². The van der Waals surface area contributed by atoms with E-state index in [-0.39, 0.29) is 6.04 Å². The maximum atomic E-state index is 5.98. The maximum absolute atomic E-state index is 5.98. The first kappa shape index (κ1) is 11.1. The minimum Gasteiger partial charge on any atom is -0.477 e. The molecule has 3 N–H and O–H groups in total. The normalized spacial score (nSPS) is 16.9. The average Bonchev–Trinajstić information content (AvgIpc) is 3.11. The zero-order chi connectivity index (χ0) is 11.4. The van der Waals surface area contributed by atoms with Gasteiger partial charge in [0.25, 0.3) is 0 Å². The molecular weight excluding hydrogens is 204 g/mol. The number of hydrogen-bond donors (Lipinski definition) is 2. The standard InChI is InChI=1S/C11H18N4O/c1-2-16-11-7-13-6-10(15-11)14-5-9(12)8-3-4-8/h6-9H,2-5,12H2,1H3,(H,14,15). The molecule has 1 aliphatic carbocycles. The van der Waals surface area contributed by atoms with Gasteiger partial charge in [-0.2, -0.15) is 4.98 Å². The molecule has 1 saturated carbocycles. The van der Waals surface area contributed by atoms with Gasteiger partial charge in [0.05, 0.1) is 19.0 Å². The molecule has 0 radical (unpaired) electrons. The number of aromatic nitrogens is 2. The summed E-state index contributed by atoms with van der Waals surface area (Å²) in [4.78, 5) is 8.31. The SMILES string of the molecule is CCOc1cncc(NCC(N)C2CC2)n1. The third kappa shape index (κ3) is 3.06. The summed E-state index contributed by atoms with van der Waals surface area (Å²) in [5.41, 5.74) is 5.98. The van der Waals surface area contributed by atoms with Crippen molar-refractivity contribution in [1.82, 2.24) is 9.97 Å². The lowest BCUT2D eigenvalue weighted by Gasteiger charge is -2.12. The van der Waals surface area contributed by atoms with Crippen molar-refractivity contribution in [3.8, 4) is 5.88 Å². The van der Waals surface area contributed by atoms with Gasteiger partial charge >= 0.3 is 0 Å². The number of ether oxygens (including phenoxy) is 1. The van der Waals surface area contributed by atoms with Gasteiger partial charge in [-0.1, -0.05) is 0 Å². The molecule has 1 aromatic heterocycles. The van der Waals surface area contributed by atoms with Crippen LogP contribution in [-0.4, -0.2) is 29.2 Å². The predicted octanol–water partition coefficient (Wildman–Crippen LogP) is 1.02. The number of nitrogens with zero attached hydrogens (tertiary/aromatic N) is 2. The fourth-order valence-electron chi connectivity index (χ4n) is 1.56. The number of rotatable bonds is 6. The van der Waals surface area contributed by atoms with Crippen LogP contribution in [0.4, 0.5) is 5.82 Å². The Morgan fingerprint density at radius 3 is 3.06 bits per heavy atom. The van der Waals surface area contributed by atoms with E-state index in [1.165, 1.54) is 12.8 Å². The molecule has 5 heteroatoms. The monoisotopic (exact) mass is 222 g/mol. The smallest absolute Gasteiger partial charge is 0.234 e. The maximum Gasteiger partial charge on any atom is 0.234 e. The van der Waals surface area contributed by atoms with E-state index < -0.39 is 0 Å². The molecular formula is C11H18N4O. The van der Waals surface area contributed by atoms with Crippen molar-refractivity contribution in [2.24, 2.45) is 11.7 Å². The Labute approximate surface area is 95.4 Å². The molecule has 0 spiro atoms. The molecule has 1 aliphatic rings. The fourth-order valence-corrected chi connectivity index (χ4v) is 1.56. The minimum absolute atomic E-state index is 0.220. The Morgan fingerprint density at radius 2 is 2.38 bits per heavy atom. The lowest BCUT2D eigenvalue weighted by Crippen LogP contribution is -2.31. The van der Waals surface area contributed by atoms with E-state index in [0.29, 0.717) is 18.4 Å². The molecule has 0 amide bonds. The van der Waals surface area contributed by atoms with Gasteiger partial charge in [-0.05, 0) is 25.7 Å². The second-order valence-corrected chi connectivity index (χ2v) is 4.06. The Balaban J connectivity index is 1.85. The topological polar surface area (TPSA) is 73.1 Å². The largest absolute Gasteiger partial charge is 0.477 e. The fraction of sp³-hybridized carbons (Fsp3) is 0.636. The molecule has 88 valence electrons. The van der Waals surface area contributed by atoms with Crippen molar-refractivity contribution in [2.75, 3.05) is 18.5 Å². The molecule has 2 rings (SSSR count). The summed E-state index contributed by atoms with van der Waals surface area (Å²) in [5.74, 6) is 1.96. The molecule has 1 fully saturated rings. The second kappa shape index (κ2) is 5.12. The van der Waals surface area contributed by atoms with Crippen LogP contribution in [0.25, 0.3) is 0 Å². The predicted molar refractivity (Wildman–Crippen MR) is 62.4 cm³/mol. The van der Waals surface area contributed by atoms with Gasteiger partial charge in [0.1, 0.15) is 5.82 Å². The van der Waals surface area contributed by atoms with Crippen LogP contribution in [0.2, 0.25) is 0 Å². The summed E-state index contributed by atoms with van der Waals surface area (Å²) >= 11 is 0. The number of hydrogen-bond acceptors (Lipinski definition) is 5. The van der Waals surface area contributed by atoms with Gasteiger partial charge < -0.3 is 15.8 Å². The Hall–Kier alpha value is -1.36. The molecule has 0 saturated heterocycles. The molecule has 1 heterocycles. The van der Waals surface area contributed by atoms with Crippen molar-refractivity contribution in [3.05, 3.63) is 12.4 Å². The van der Waals surface area contributed by atoms with Crippen molar-refractivity contribution < 1.29 is 4.74 Å². The van der Waals surface area contributed by atoms with Crippen molar-refractivity contribution in [2.45, 2.75) is 25.8 Å². The van der Waals surface area contributed by atoms with Crippen LogP contribution in [0.15, 0.2) is 12.4 Å². The molecule has 0 bridgehead atoms. The van der Waals surface area contributed by atoms with Crippen LogP contribution in [0.3, 0.4) is 0 Å². The summed E-state index contributed by atoms with van der Waals surface area (Å²) < 4.78 is 5.27. The highest BCUT2D eigenvalue weighted by Gasteiger charge is 2.28. The van der Waals surface area contributed by atoms with Crippen molar-refractivity contribution in [3.63, 3.8) is 0 Å². The van der Waals surface area contributed by atoms with Gasteiger partial charge in [0, 0.05) is 12.6 Å². The zero-order valence-electron chi connectivity index (χ0n) is 9.52. The van der Waals surface area contributed by atoms with E-state index in [2.05, 4.69) is 15.3 Å². The van der Waals surface area contributed by atoms with E-state index in [0.717, 1.165) is 12.4 Å². The average molecular weight is 222 g/mol. The van der Waals surface area contributed by atoms with Gasteiger partial charge in [-0.15, -0.1) is 0 Å². The van der Waals surface area contributed by atoms with Crippen molar-refractivity contribution >= 4 is 5.82 Å². The molecule has 5 nitrogen and oxygen atoms in total. The van der Waals surface area contributed by atoms with Crippen LogP contribution in [0, 0.1) is 5.92 Å². The first-order valence-corrected chi connectivity index (χ1v) is 5.74. The van der Waals surface area contributed by atoms with Gasteiger partial charge in [0.2, 0.25) is 5.88 Å². The van der Waals surface area contributed by atoms with Gasteiger partial charge in [-0.25, -0.2) is 0 Å². The number of nitrogens with one attached hydrogen (secondary N) is 1. The summed E-state index contributed by atoms with van der Waals surface area (Å²) in [7, 11) is 0. The minimum atomic E-state index is 0.220. The third-order valence-corrected chi connectivity index (χ3v) is 2.65. The molecule has 16 heavy (non-hydrogen) atoms. The lowest BCUT2D eigenvalue weighted by molar-refractivity contribution is 0.325. The molecule has 1 atom stereocenters. The molecule has 1 unspecified atom stereocenters. The number of nitrogens with two attached hydrogens (primary N) is 1. The van der Waals surface area contributed by atoms with Crippen molar-refractivity contribution in [1.29, 1.82) is 0 Å². The van der Waals surface area contributed by atoms with E-state index >= 15 is 0 Å². The zero-order valence-corrected chi connectivity index (χ0v) is 9.52. The van der Waals surface area contributed by atoms with Crippen LogP contribution in [0.1, 0.15) is 19.8 Å². The first-order chi connectivity index (χ1) is 7.79. The van der Waals surface area contributed by atoms with E-state index in [4.69, 9.17) is 10.5 Å². The highest BCUT2D eigenvalue weighted by atomic mass is 16.5. The molecule has 0 aromatic carbocycles.